The number of rotatable bonds is 8. The molecular weight excluding hydrogens is 470 g/mol. The minimum atomic E-state index is -2.42. The summed E-state index contributed by atoms with van der Waals surface area (Å²) in [7, 11) is 1.69. The maximum atomic E-state index is 13.4. The fourth-order valence-electron chi connectivity index (χ4n) is 7.31. The van der Waals surface area contributed by atoms with Gasteiger partial charge in [0.2, 0.25) is 0 Å². The van der Waals surface area contributed by atoms with Gasteiger partial charge in [-0.25, -0.2) is 13.6 Å². The normalized spacial score (nSPS) is 44.7. The van der Waals surface area contributed by atoms with Gasteiger partial charge in [-0.2, -0.15) is 0 Å². The van der Waals surface area contributed by atoms with E-state index in [1.165, 1.54) is 5.57 Å². The molecule has 2 aliphatic carbocycles. The number of amides is 1. The molecule has 4 saturated heterocycles. The van der Waals surface area contributed by atoms with E-state index in [0.29, 0.717) is 45.1 Å². The van der Waals surface area contributed by atoms with Crippen molar-refractivity contribution in [2.45, 2.75) is 81.9 Å². The summed E-state index contributed by atoms with van der Waals surface area (Å²) < 4.78 is 51.0. The number of carbonyl (C=O) groups is 1. The van der Waals surface area contributed by atoms with E-state index in [1.54, 1.807) is 12.0 Å². The van der Waals surface area contributed by atoms with Crippen molar-refractivity contribution in [3.05, 3.63) is 11.6 Å². The molecule has 0 aromatic rings. The maximum absolute atomic E-state index is 13.4. The molecule has 6 fully saturated rings. The van der Waals surface area contributed by atoms with Crippen molar-refractivity contribution >= 4 is 6.09 Å². The number of carbonyl (C=O) groups excluding carboxylic acids is 1. The van der Waals surface area contributed by atoms with Crippen LogP contribution in [-0.2, 0) is 18.9 Å². The average Bonchev–Trinajstić information content (AvgIpc) is 3.72. The first-order valence-corrected chi connectivity index (χ1v) is 13.6. The maximum Gasteiger partial charge on any atom is 0.410 e. The zero-order valence-corrected chi connectivity index (χ0v) is 21.9. The van der Waals surface area contributed by atoms with Gasteiger partial charge >= 0.3 is 6.09 Å². The average molecular weight is 511 g/mol. The van der Waals surface area contributed by atoms with Crippen molar-refractivity contribution in [1.82, 2.24) is 9.80 Å². The molecule has 1 spiro atoms. The van der Waals surface area contributed by atoms with Crippen molar-refractivity contribution in [2.24, 2.45) is 23.7 Å². The Balaban J connectivity index is 0.994. The molecule has 36 heavy (non-hydrogen) atoms. The third kappa shape index (κ3) is 4.18. The van der Waals surface area contributed by atoms with E-state index in [1.807, 2.05) is 0 Å². The number of hydrogen-bond acceptors (Lipinski definition) is 6. The van der Waals surface area contributed by atoms with Crippen LogP contribution in [0.3, 0.4) is 0 Å². The Hall–Kier alpha value is -1.29. The Morgan fingerprint density at radius 1 is 1.17 bits per heavy atom. The summed E-state index contributed by atoms with van der Waals surface area (Å²) >= 11 is 0. The number of allylic oxidation sites excluding steroid dienone is 1. The third-order valence-electron chi connectivity index (χ3n) is 9.83. The number of epoxide rings is 2. The van der Waals surface area contributed by atoms with Gasteiger partial charge in [0.25, 0.3) is 5.92 Å². The van der Waals surface area contributed by atoms with Crippen LogP contribution in [0, 0.1) is 23.7 Å². The summed E-state index contributed by atoms with van der Waals surface area (Å²) in [6.07, 6.45) is 4.79. The molecule has 0 N–H and O–H groups in total. The molecule has 9 heteroatoms. The SMILES string of the molecule is CO[C@@H]1[C@H](OC(=O)N2CC(CCN3CC4C(C3)C4(F)F)C2)CC[C@]2(CO2)[C@H]1[C@@]1(C)O[C@@H]1CC=C(C)C. The van der Waals surface area contributed by atoms with E-state index in [0.717, 1.165) is 25.8 Å². The van der Waals surface area contributed by atoms with Gasteiger partial charge in [-0.05, 0) is 58.9 Å². The lowest BCUT2D eigenvalue weighted by Gasteiger charge is -2.44. The first kappa shape index (κ1) is 25.0. The highest BCUT2D eigenvalue weighted by molar-refractivity contribution is 5.69. The van der Waals surface area contributed by atoms with Crippen LogP contribution >= 0.6 is 0 Å². The van der Waals surface area contributed by atoms with Gasteiger partial charge in [0.1, 0.15) is 23.4 Å². The highest BCUT2D eigenvalue weighted by atomic mass is 19.3. The van der Waals surface area contributed by atoms with Crippen molar-refractivity contribution in [3.8, 4) is 0 Å². The second kappa shape index (κ2) is 8.61. The molecule has 6 aliphatic rings. The molecule has 2 unspecified atom stereocenters. The van der Waals surface area contributed by atoms with E-state index in [4.69, 9.17) is 18.9 Å². The Kier molecular flexibility index (Phi) is 5.98. The first-order valence-electron chi connectivity index (χ1n) is 13.6. The molecule has 8 atom stereocenters. The second-order valence-corrected chi connectivity index (χ2v) is 12.5. The molecule has 0 bridgehead atoms. The summed E-state index contributed by atoms with van der Waals surface area (Å²) in [5, 5.41) is 0. The predicted molar refractivity (Wildman–Crippen MR) is 128 cm³/mol. The molecule has 4 aliphatic heterocycles. The van der Waals surface area contributed by atoms with Crippen LogP contribution in [0.5, 0.6) is 0 Å². The van der Waals surface area contributed by atoms with Crippen LogP contribution in [0.25, 0.3) is 0 Å². The topological polar surface area (TPSA) is 67.1 Å². The van der Waals surface area contributed by atoms with Crippen LogP contribution < -0.4 is 0 Å². The van der Waals surface area contributed by atoms with Crippen LogP contribution in [0.2, 0.25) is 0 Å². The standard InChI is InChI=1S/C27H40F2N2O5/c1-16(2)5-6-21-25(3,36-21)23-22(33-4)20(7-9-26(23)15-34-26)35-24(32)31-11-17(12-31)8-10-30-13-18-19(14-30)27(18,28)29/h5,17-23H,6-15H2,1-4H3/t18?,19?,20-,21-,22-,23-,25+,26+/m1/s1. The van der Waals surface area contributed by atoms with Crippen molar-refractivity contribution in [1.29, 1.82) is 0 Å². The number of piperidine rings is 1. The van der Waals surface area contributed by atoms with Crippen molar-refractivity contribution < 1.29 is 32.5 Å². The Labute approximate surface area is 212 Å². The highest BCUT2D eigenvalue weighted by Gasteiger charge is 2.73. The molecule has 0 aromatic heterocycles. The molecule has 2 saturated carbocycles. The summed E-state index contributed by atoms with van der Waals surface area (Å²) in [4.78, 5) is 16.9. The summed E-state index contributed by atoms with van der Waals surface area (Å²) in [5.74, 6) is -2.86. The summed E-state index contributed by atoms with van der Waals surface area (Å²) in [6.45, 7) is 10.2. The van der Waals surface area contributed by atoms with Gasteiger partial charge in [-0.1, -0.05) is 11.6 Å². The zero-order valence-electron chi connectivity index (χ0n) is 21.9. The lowest BCUT2D eigenvalue weighted by atomic mass is 9.68. The molecule has 4 heterocycles. The van der Waals surface area contributed by atoms with Crippen molar-refractivity contribution in [2.75, 3.05) is 46.4 Å². The lowest BCUT2D eigenvalue weighted by Crippen LogP contribution is -2.57. The Bertz CT molecular complexity index is 902. The van der Waals surface area contributed by atoms with Crippen LogP contribution in [0.15, 0.2) is 11.6 Å². The van der Waals surface area contributed by atoms with E-state index in [2.05, 4.69) is 31.7 Å². The number of halogens is 2. The van der Waals surface area contributed by atoms with Crippen LogP contribution in [-0.4, -0.2) is 97.8 Å². The molecule has 7 nitrogen and oxygen atoms in total. The van der Waals surface area contributed by atoms with Crippen molar-refractivity contribution in [3.63, 3.8) is 0 Å². The Morgan fingerprint density at radius 3 is 2.47 bits per heavy atom. The van der Waals surface area contributed by atoms with Gasteiger partial charge < -0.3 is 28.7 Å². The van der Waals surface area contributed by atoms with E-state index >= 15 is 0 Å². The van der Waals surface area contributed by atoms with Gasteiger partial charge in [0.15, 0.2) is 0 Å². The first-order chi connectivity index (χ1) is 17.1. The van der Waals surface area contributed by atoms with Gasteiger partial charge in [0, 0.05) is 45.1 Å². The monoisotopic (exact) mass is 510 g/mol. The molecular formula is C27H40F2N2O5. The minimum Gasteiger partial charge on any atom is -0.443 e. The van der Waals surface area contributed by atoms with Gasteiger partial charge in [-0.15, -0.1) is 0 Å². The van der Waals surface area contributed by atoms with E-state index in [9.17, 15) is 13.6 Å². The number of alkyl halides is 2. The molecule has 1 amide bonds. The minimum absolute atomic E-state index is 0.0142. The smallest absolute Gasteiger partial charge is 0.410 e. The fraction of sp³-hybridized carbons (Fsp3) is 0.889. The summed E-state index contributed by atoms with van der Waals surface area (Å²) in [5.41, 5.74) is 0.686. The number of fused-ring (bicyclic) bond motifs is 1. The lowest BCUT2D eigenvalue weighted by molar-refractivity contribution is -0.124. The molecule has 202 valence electrons. The summed E-state index contributed by atoms with van der Waals surface area (Å²) in [6, 6.07) is 0. The van der Waals surface area contributed by atoms with Gasteiger partial charge in [0.05, 0.1) is 18.6 Å². The number of hydrogen-bond donors (Lipinski definition) is 0. The quantitative estimate of drug-likeness (QED) is 0.366. The van der Waals surface area contributed by atoms with Crippen LogP contribution in [0.1, 0.15) is 46.5 Å². The second-order valence-electron chi connectivity index (χ2n) is 12.5. The van der Waals surface area contributed by atoms with Crippen LogP contribution in [0.4, 0.5) is 13.6 Å². The van der Waals surface area contributed by atoms with Gasteiger partial charge in [-0.3, -0.25) is 0 Å². The number of ether oxygens (including phenoxy) is 4. The number of likely N-dealkylation sites (tertiary alicyclic amines) is 2. The predicted octanol–water partition coefficient (Wildman–Crippen LogP) is 3.72. The molecule has 0 aromatic carbocycles. The number of methoxy groups -OCH3 is 1. The molecule has 0 radical (unpaired) electrons. The fourth-order valence-corrected chi connectivity index (χ4v) is 7.31. The zero-order chi connectivity index (χ0) is 25.5. The highest BCUT2D eigenvalue weighted by Crippen LogP contribution is 2.60. The largest absolute Gasteiger partial charge is 0.443 e. The van der Waals surface area contributed by atoms with E-state index in [-0.39, 0.29) is 41.5 Å². The van der Waals surface area contributed by atoms with E-state index < -0.39 is 17.8 Å². The Morgan fingerprint density at radius 2 is 1.86 bits per heavy atom. The third-order valence-corrected chi connectivity index (χ3v) is 9.83. The molecule has 6 rings (SSSR count). The number of nitrogens with zero attached hydrogens (tertiary/aromatic N) is 2.